The van der Waals surface area contributed by atoms with E-state index in [-0.39, 0.29) is 12.2 Å². The Morgan fingerprint density at radius 2 is 2.03 bits per heavy atom. The van der Waals surface area contributed by atoms with Crippen LogP contribution in [0, 0.1) is 13.8 Å². The number of fused-ring (bicyclic) bond motifs is 1. The summed E-state index contributed by atoms with van der Waals surface area (Å²) in [6.45, 7) is 7.43. The molecule has 1 saturated heterocycles. The molecule has 5 rings (SSSR count). The summed E-state index contributed by atoms with van der Waals surface area (Å²) < 4.78 is 8.13. The molecule has 0 spiro atoms. The monoisotopic (exact) mass is 423 g/mol. The van der Waals surface area contributed by atoms with Gasteiger partial charge in [0.05, 0.1) is 41.5 Å². The number of imidazole rings is 1. The SMILES string of the molecule is Cc1cc(-c2cnc3ccc(Cl)cn23)nc(N2C[C@H](C)O[C@@H](c3cn[nH]c3C)C2)n1. The summed E-state index contributed by atoms with van der Waals surface area (Å²) in [5.74, 6) is 0.684. The van der Waals surface area contributed by atoms with Gasteiger partial charge in [-0.15, -0.1) is 0 Å². The Balaban J connectivity index is 1.53. The van der Waals surface area contributed by atoms with Gasteiger partial charge < -0.3 is 9.64 Å². The first kappa shape index (κ1) is 19.0. The molecule has 0 radical (unpaired) electrons. The van der Waals surface area contributed by atoms with Gasteiger partial charge in [0, 0.05) is 29.7 Å². The third-order valence-corrected chi connectivity index (χ3v) is 5.56. The number of nitrogens with zero attached hydrogens (tertiary/aromatic N) is 6. The summed E-state index contributed by atoms with van der Waals surface area (Å²) >= 11 is 6.20. The van der Waals surface area contributed by atoms with Crippen molar-refractivity contribution in [2.75, 3.05) is 18.0 Å². The van der Waals surface area contributed by atoms with Crippen LogP contribution in [0.2, 0.25) is 5.02 Å². The molecule has 1 fully saturated rings. The van der Waals surface area contributed by atoms with E-state index in [2.05, 4.69) is 27.0 Å². The van der Waals surface area contributed by atoms with Crippen LogP contribution in [-0.2, 0) is 4.74 Å². The fourth-order valence-electron chi connectivity index (χ4n) is 3.94. The highest BCUT2D eigenvalue weighted by Crippen LogP contribution is 2.30. The number of aromatic amines is 1. The lowest BCUT2D eigenvalue weighted by atomic mass is 10.1. The van der Waals surface area contributed by atoms with E-state index in [1.165, 1.54) is 0 Å². The van der Waals surface area contributed by atoms with Gasteiger partial charge in [0.15, 0.2) is 0 Å². The number of morpholine rings is 1. The molecule has 4 aromatic heterocycles. The van der Waals surface area contributed by atoms with Crippen molar-refractivity contribution in [1.82, 2.24) is 29.5 Å². The predicted molar refractivity (Wildman–Crippen MR) is 115 cm³/mol. The van der Waals surface area contributed by atoms with Crippen molar-refractivity contribution >= 4 is 23.2 Å². The smallest absolute Gasteiger partial charge is 0.226 e. The Kier molecular flexibility index (Phi) is 4.67. The second-order valence-corrected chi connectivity index (χ2v) is 8.14. The molecule has 1 aliphatic rings. The molecule has 0 bridgehead atoms. The number of rotatable bonds is 3. The third-order valence-electron chi connectivity index (χ3n) is 5.33. The van der Waals surface area contributed by atoms with Crippen LogP contribution < -0.4 is 4.90 Å². The number of hydrogen-bond acceptors (Lipinski definition) is 6. The fraction of sp³-hybridized carbons (Fsp3) is 0.333. The minimum atomic E-state index is -0.0883. The van der Waals surface area contributed by atoms with Crippen LogP contribution in [0.1, 0.15) is 30.0 Å². The fourth-order valence-corrected chi connectivity index (χ4v) is 4.10. The van der Waals surface area contributed by atoms with Crippen LogP contribution in [0.3, 0.4) is 0 Å². The maximum atomic E-state index is 6.20. The number of aromatic nitrogens is 6. The van der Waals surface area contributed by atoms with Gasteiger partial charge in [-0.3, -0.25) is 9.50 Å². The lowest BCUT2D eigenvalue weighted by Gasteiger charge is -2.37. The van der Waals surface area contributed by atoms with Crippen molar-refractivity contribution in [2.45, 2.75) is 33.0 Å². The molecular weight excluding hydrogens is 402 g/mol. The maximum Gasteiger partial charge on any atom is 0.226 e. The van der Waals surface area contributed by atoms with Gasteiger partial charge in [-0.05, 0) is 39.0 Å². The highest BCUT2D eigenvalue weighted by molar-refractivity contribution is 6.30. The number of pyridine rings is 1. The molecule has 0 aliphatic carbocycles. The zero-order chi connectivity index (χ0) is 20.8. The second kappa shape index (κ2) is 7.37. The number of aryl methyl sites for hydroxylation is 2. The first-order valence-corrected chi connectivity index (χ1v) is 10.2. The van der Waals surface area contributed by atoms with Crippen LogP contribution in [0.15, 0.2) is 36.8 Å². The number of H-pyrrole nitrogens is 1. The molecule has 1 N–H and O–H groups in total. The molecule has 30 heavy (non-hydrogen) atoms. The van der Waals surface area contributed by atoms with Gasteiger partial charge in [0.2, 0.25) is 5.95 Å². The Labute approximate surface area is 178 Å². The Morgan fingerprint density at radius 3 is 2.83 bits per heavy atom. The van der Waals surface area contributed by atoms with Gasteiger partial charge in [-0.25, -0.2) is 15.0 Å². The Bertz CT molecular complexity index is 1220. The van der Waals surface area contributed by atoms with E-state index in [0.29, 0.717) is 17.5 Å². The van der Waals surface area contributed by atoms with E-state index < -0.39 is 0 Å². The topological polar surface area (TPSA) is 84.2 Å². The minimum Gasteiger partial charge on any atom is -0.367 e. The van der Waals surface area contributed by atoms with Gasteiger partial charge in [0.1, 0.15) is 11.8 Å². The van der Waals surface area contributed by atoms with E-state index in [0.717, 1.165) is 40.5 Å². The molecule has 1 aliphatic heterocycles. The summed E-state index contributed by atoms with van der Waals surface area (Å²) in [6, 6.07) is 5.69. The average Bonchev–Trinajstić information content (AvgIpc) is 3.32. The molecular formula is C21H22ClN7O. The lowest BCUT2D eigenvalue weighted by molar-refractivity contribution is -0.0181. The summed E-state index contributed by atoms with van der Waals surface area (Å²) in [5.41, 5.74) is 5.48. The van der Waals surface area contributed by atoms with Gasteiger partial charge in [-0.1, -0.05) is 11.6 Å². The van der Waals surface area contributed by atoms with Crippen LogP contribution in [0.5, 0.6) is 0 Å². The molecule has 8 nitrogen and oxygen atoms in total. The van der Waals surface area contributed by atoms with Crippen molar-refractivity contribution in [3.63, 3.8) is 0 Å². The number of ether oxygens (including phenoxy) is 1. The lowest BCUT2D eigenvalue weighted by Crippen LogP contribution is -2.43. The van der Waals surface area contributed by atoms with Crippen molar-refractivity contribution in [2.24, 2.45) is 0 Å². The van der Waals surface area contributed by atoms with E-state index in [1.807, 2.05) is 55.0 Å². The highest BCUT2D eigenvalue weighted by Gasteiger charge is 2.30. The van der Waals surface area contributed by atoms with E-state index in [4.69, 9.17) is 26.3 Å². The number of halogens is 1. The Hall–Kier alpha value is -2.97. The molecule has 9 heteroatoms. The second-order valence-electron chi connectivity index (χ2n) is 7.70. The summed E-state index contributed by atoms with van der Waals surface area (Å²) in [5, 5.41) is 7.78. The number of anilines is 1. The summed E-state index contributed by atoms with van der Waals surface area (Å²) in [6.07, 6.45) is 5.46. The largest absolute Gasteiger partial charge is 0.367 e. The molecule has 5 heterocycles. The standard InChI is InChI=1S/C21H22ClN7O/c1-12-6-17(18-8-23-20-5-4-15(22)10-29(18)20)26-21(25-12)28-9-13(2)30-19(11-28)16-7-24-27-14(16)3/h4-8,10,13,19H,9,11H2,1-3H3,(H,24,27)/t13-,19+/m0/s1. The first-order chi connectivity index (χ1) is 14.5. The summed E-state index contributed by atoms with van der Waals surface area (Å²) in [4.78, 5) is 16.3. The van der Waals surface area contributed by atoms with E-state index in [1.54, 1.807) is 0 Å². The molecule has 0 amide bonds. The maximum absolute atomic E-state index is 6.20. The Morgan fingerprint density at radius 1 is 1.17 bits per heavy atom. The molecule has 4 aromatic rings. The van der Waals surface area contributed by atoms with E-state index >= 15 is 0 Å². The van der Waals surface area contributed by atoms with Crippen molar-refractivity contribution < 1.29 is 4.74 Å². The normalized spacial score (nSPS) is 19.5. The summed E-state index contributed by atoms with van der Waals surface area (Å²) in [7, 11) is 0. The van der Waals surface area contributed by atoms with Gasteiger partial charge >= 0.3 is 0 Å². The van der Waals surface area contributed by atoms with Crippen molar-refractivity contribution in [3.05, 3.63) is 58.8 Å². The van der Waals surface area contributed by atoms with Gasteiger partial charge in [-0.2, -0.15) is 5.10 Å². The zero-order valence-corrected chi connectivity index (χ0v) is 17.8. The van der Waals surface area contributed by atoms with Crippen molar-refractivity contribution in [1.29, 1.82) is 0 Å². The predicted octanol–water partition coefficient (Wildman–Crippen LogP) is 3.75. The third kappa shape index (κ3) is 3.42. The minimum absolute atomic E-state index is 0.0419. The number of hydrogen-bond donors (Lipinski definition) is 1. The molecule has 2 atom stereocenters. The van der Waals surface area contributed by atoms with Crippen molar-refractivity contribution in [3.8, 4) is 11.4 Å². The number of nitrogens with one attached hydrogen (secondary N) is 1. The quantitative estimate of drug-likeness (QED) is 0.540. The van der Waals surface area contributed by atoms with Crippen LogP contribution >= 0.6 is 11.6 Å². The van der Waals surface area contributed by atoms with Crippen LogP contribution in [-0.4, -0.2) is 48.7 Å². The molecule has 154 valence electrons. The average molecular weight is 424 g/mol. The van der Waals surface area contributed by atoms with Crippen LogP contribution in [0.25, 0.3) is 17.0 Å². The first-order valence-electron chi connectivity index (χ1n) is 9.87. The molecule has 0 saturated carbocycles. The highest BCUT2D eigenvalue weighted by atomic mass is 35.5. The van der Waals surface area contributed by atoms with E-state index in [9.17, 15) is 0 Å². The molecule has 0 unspecified atom stereocenters. The van der Waals surface area contributed by atoms with Gasteiger partial charge in [0.25, 0.3) is 0 Å². The zero-order valence-electron chi connectivity index (χ0n) is 17.0. The van der Waals surface area contributed by atoms with Crippen LogP contribution in [0.4, 0.5) is 5.95 Å². The molecule has 0 aromatic carbocycles.